The highest BCUT2D eigenvalue weighted by atomic mass is 16.1. The normalized spacial score (nSPS) is 15.3. The van der Waals surface area contributed by atoms with E-state index >= 15 is 0 Å². The van der Waals surface area contributed by atoms with Gasteiger partial charge in [-0.25, -0.2) is 0 Å². The summed E-state index contributed by atoms with van der Waals surface area (Å²) in [5, 5.41) is 0. The highest BCUT2D eigenvalue weighted by molar-refractivity contribution is 6.48. The lowest BCUT2D eigenvalue weighted by Crippen LogP contribution is -2.30. The number of ketones is 1. The topological polar surface area (TPSA) is 29.4 Å². The van der Waals surface area contributed by atoms with Crippen molar-refractivity contribution in [3.8, 4) is 0 Å². The van der Waals surface area contributed by atoms with Crippen LogP contribution in [0.4, 0.5) is 0 Å². The van der Waals surface area contributed by atoms with Crippen LogP contribution in [0, 0.1) is 0 Å². The Kier molecular flexibility index (Phi) is 4.63. The fourth-order valence-electron chi connectivity index (χ4n) is 3.46. The van der Waals surface area contributed by atoms with E-state index < -0.39 is 5.54 Å². The van der Waals surface area contributed by atoms with Gasteiger partial charge in [0.15, 0.2) is 0 Å². The van der Waals surface area contributed by atoms with Gasteiger partial charge in [-0.3, -0.25) is 9.79 Å². The van der Waals surface area contributed by atoms with Gasteiger partial charge in [-0.1, -0.05) is 103 Å². The lowest BCUT2D eigenvalue weighted by molar-refractivity contribution is -0.108. The van der Waals surface area contributed by atoms with E-state index in [2.05, 4.69) is 36.4 Å². The zero-order chi connectivity index (χ0) is 18.5. The Labute approximate surface area is 159 Å². The number of carbonyl (C=O) groups is 1. The van der Waals surface area contributed by atoms with Crippen LogP contribution in [0.15, 0.2) is 120 Å². The van der Waals surface area contributed by atoms with Crippen LogP contribution < -0.4 is 0 Å². The molecule has 0 saturated carbocycles. The zero-order valence-corrected chi connectivity index (χ0v) is 14.8. The molecule has 0 aromatic heterocycles. The largest absolute Gasteiger partial charge is 0.288 e. The van der Waals surface area contributed by atoms with Crippen LogP contribution in [0.25, 0.3) is 0 Å². The highest BCUT2D eigenvalue weighted by Gasteiger charge is 2.36. The number of hydrogen-bond donors (Lipinski definition) is 0. The van der Waals surface area contributed by atoms with Gasteiger partial charge in [0, 0.05) is 0 Å². The Morgan fingerprint density at radius 1 is 0.556 bits per heavy atom. The molecule has 0 heterocycles. The van der Waals surface area contributed by atoms with E-state index in [1.807, 2.05) is 60.7 Å². The maximum absolute atomic E-state index is 12.5. The van der Waals surface area contributed by atoms with Crippen molar-refractivity contribution in [3.05, 3.63) is 132 Å². The minimum Gasteiger partial charge on any atom is -0.288 e. The number of allylic oxidation sites excluding steroid dienone is 4. The molecule has 0 N–H and O–H groups in total. The highest BCUT2D eigenvalue weighted by Crippen LogP contribution is 2.41. The van der Waals surface area contributed by atoms with E-state index in [4.69, 9.17) is 4.99 Å². The van der Waals surface area contributed by atoms with Crippen molar-refractivity contribution >= 4 is 11.5 Å². The van der Waals surface area contributed by atoms with Crippen molar-refractivity contribution in [2.24, 2.45) is 4.99 Å². The van der Waals surface area contributed by atoms with Crippen LogP contribution in [0.2, 0.25) is 0 Å². The van der Waals surface area contributed by atoms with E-state index in [1.165, 1.54) is 0 Å². The maximum Gasteiger partial charge on any atom is 0.203 e. The minimum atomic E-state index is -0.801. The van der Waals surface area contributed by atoms with Gasteiger partial charge in [0.05, 0.1) is 0 Å². The second kappa shape index (κ2) is 7.38. The first-order chi connectivity index (χ1) is 13.3. The van der Waals surface area contributed by atoms with Gasteiger partial charge >= 0.3 is 0 Å². The lowest BCUT2D eigenvalue weighted by Gasteiger charge is -2.32. The molecule has 0 fully saturated rings. The Morgan fingerprint density at radius 3 is 1.37 bits per heavy atom. The fraction of sp³-hybridized carbons (Fsp3) is 0.0400. The van der Waals surface area contributed by atoms with Crippen molar-refractivity contribution in [1.82, 2.24) is 0 Å². The Bertz CT molecular complexity index is 919. The standard InChI is InChI=1S/C25H19NO/c27-24-19-11-10-18-23(24)26-25(20-12-4-1-5-13-20,21-14-6-2-7-15-21)22-16-8-3-9-17-22/h1-19H. The molecule has 27 heavy (non-hydrogen) atoms. The van der Waals surface area contributed by atoms with Gasteiger partial charge in [0.2, 0.25) is 5.78 Å². The van der Waals surface area contributed by atoms with Crippen LogP contribution in [0.5, 0.6) is 0 Å². The third-order valence-corrected chi connectivity index (χ3v) is 4.73. The summed E-state index contributed by atoms with van der Waals surface area (Å²) in [5.74, 6) is -0.0790. The second-order valence-corrected chi connectivity index (χ2v) is 6.39. The zero-order valence-electron chi connectivity index (χ0n) is 14.8. The molecule has 0 atom stereocenters. The first-order valence-corrected chi connectivity index (χ1v) is 8.96. The average molecular weight is 349 g/mol. The molecule has 0 saturated heterocycles. The molecule has 2 heteroatoms. The summed E-state index contributed by atoms with van der Waals surface area (Å²) >= 11 is 0. The smallest absolute Gasteiger partial charge is 0.203 e. The van der Waals surface area contributed by atoms with Gasteiger partial charge in [-0.15, -0.1) is 0 Å². The molecule has 2 nitrogen and oxygen atoms in total. The molecular weight excluding hydrogens is 330 g/mol. The number of carbonyl (C=O) groups excluding carboxylic acids is 1. The summed E-state index contributed by atoms with van der Waals surface area (Å²) in [6.07, 6.45) is 6.94. The van der Waals surface area contributed by atoms with Gasteiger partial charge in [0.1, 0.15) is 11.3 Å². The molecule has 0 unspecified atom stereocenters. The molecule has 0 spiro atoms. The molecule has 0 radical (unpaired) electrons. The van der Waals surface area contributed by atoms with Crippen LogP contribution >= 0.6 is 0 Å². The van der Waals surface area contributed by atoms with E-state index in [1.54, 1.807) is 18.2 Å². The third kappa shape index (κ3) is 3.18. The molecule has 130 valence electrons. The van der Waals surface area contributed by atoms with Crippen LogP contribution in [-0.4, -0.2) is 11.5 Å². The summed E-state index contributed by atoms with van der Waals surface area (Å²) < 4.78 is 0. The molecule has 0 amide bonds. The van der Waals surface area contributed by atoms with Gasteiger partial charge < -0.3 is 0 Å². The van der Waals surface area contributed by atoms with Crippen molar-refractivity contribution in [2.45, 2.75) is 5.54 Å². The molecule has 3 aromatic carbocycles. The number of benzene rings is 3. The summed E-state index contributed by atoms with van der Waals surface area (Å²) in [7, 11) is 0. The Morgan fingerprint density at radius 2 is 0.963 bits per heavy atom. The molecule has 3 aromatic rings. The van der Waals surface area contributed by atoms with E-state index in [-0.39, 0.29) is 5.78 Å². The van der Waals surface area contributed by atoms with Crippen LogP contribution in [-0.2, 0) is 10.3 Å². The molecule has 1 aliphatic rings. The van der Waals surface area contributed by atoms with Crippen molar-refractivity contribution in [1.29, 1.82) is 0 Å². The minimum absolute atomic E-state index is 0.0790. The quantitative estimate of drug-likeness (QED) is 0.475. The Hall–Kier alpha value is -3.52. The average Bonchev–Trinajstić information content (AvgIpc) is 2.75. The molecule has 0 bridgehead atoms. The van der Waals surface area contributed by atoms with Gasteiger partial charge in [-0.2, -0.15) is 0 Å². The van der Waals surface area contributed by atoms with Gasteiger partial charge in [-0.05, 0) is 28.8 Å². The number of hydrogen-bond acceptors (Lipinski definition) is 2. The van der Waals surface area contributed by atoms with Crippen LogP contribution in [0.3, 0.4) is 0 Å². The first kappa shape index (κ1) is 16.9. The third-order valence-electron chi connectivity index (χ3n) is 4.73. The van der Waals surface area contributed by atoms with E-state index in [0.717, 1.165) is 16.7 Å². The lowest BCUT2D eigenvalue weighted by atomic mass is 9.77. The number of aliphatic imine (C=N–C) groups is 1. The maximum atomic E-state index is 12.5. The summed E-state index contributed by atoms with van der Waals surface area (Å²) in [6.45, 7) is 0. The monoisotopic (exact) mass is 349 g/mol. The SMILES string of the molecule is O=C1C=CC=CC1=NC(c1ccccc1)(c1ccccc1)c1ccccc1. The predicted octanol–water partition coefficient (Wildman–Crippen LogP) is 5.11. The van der Waals surface area contributed by atoms with Crippen LogP contribution in [0.1, 0.15) is 16.7 Å². The van der Waals surface area contributed by atoms with E-state index in [0.29, 0.717) is 5.71 Å². The first-order valence-electron chi connectivity index (χ1n) is 8.96. The number of rotatable bonds is 4. The number of nitrogens with zero attached hydrogens (tertiary/aromatic N) is 1. The molecule has 0 aliphatic heterocycles. The fourth-order valence-corrected chi connectivity index (χ4v) is 3.46. The van der Waals surface area contributed by atoms with Gasteiger partial charge in [0.25, 0.3) is 0 Å². The van der Waals surface area contributed by atoms with Crippen molar-refractivity contribution < 1.29 is 4.79 Å². The van der Waals surface area contributed by atoms with Crippen molar-refractivity contribution in [2.75, 3.05) is 0 Å². The van der Waals surface area contributed by atoms with Crippen molar-refractivity contribution in [3.63, 3.8) is 0 Å². The van der Waals surface area contributed by atoms with E-state index in [9.17, 15) is 4.79 Å². The molecule has 1 aliphatic carbocycles. The molecular formula is C25H19NO. The summed E-state index contributed by atoms with van der Waals surface area (Å²) in [5.41, 5.74) is 2.71. The molecule has 4 rings (SSSR count). The Balaban J connectivity index is 2.07. The summed E-state index contributed by atoms with van der Waals surface area (Å²) in [4.78, 5) is 17.6. The summed E-state index contributed by atoms with van der Waals surface area (Å²) in [6, 6.07) is 30.4. The second-order valence-electron chi connectivity index (χ2n) is 6.39. The predicted molar refractivity (Wildman–Crippen MR) is 110 cm³/mol.